The van der Waals surface area contributed by atoms with Crippen molar-refractivity contribution in [2.24, 2.45) is 11.6 Å². The molecule has 0 saturated heterocycles. The molecule has 0 atom stereocenters. The molecule has 6 heteroatoms. The van der Waals surface area contributed by atoms with Gasteiger partial charge in [0.25, 0.3) is 0 Å². The van der Waals surface area contributed by atoms with Gasteiger partial charge in [0, 0.05) is 6.54 Å². The molecular weight excluding hydrogens is 218 g/mol. The maximum atomic E-state index is 11.0. The Morgan fingerprint density at radius 2 is 2.29 bits per heavy atom. The summed E-state index contributed by atoms with van der Waals surface area (Å²) >= 11 is 0. The number of carbonyl (C=O) groups excluding carboxylic acids is 1. The molecule has 0 bridgehead atoms. The Bertz CT molecular complexity index is 369. The van der Waals surface area contributed by atoms with Gasteiger partial charge in [-0.3, -0.25) is 4.79 Å². The number of hydrogen-bond donors (Lipinski definition) is 3. The first-order valence-corrected chi connectivity index (χ1v) is 5.64. The van der Waals surface area contributed by atoms with Gasteiger partial charge in [0.15, 0.2) is 0 Å². The monoisotopic (exact) mass is 237 g/mol. The molecule has 0 aliphatic carbocycles. The van der Waals surface area contributed by atoms with Crippen molar-refractivity contribution >= 4 is 17.5 Å². The summed E-state index contributed by atoms with van der Waals surface area (Å²) in [6, 6.07) is 5.42. The largest absolute Gasteiger partial charge is 0.368 e. The van der Waals surface area contributed by atoms with Gasteiger partial charge in [-0.15, -0.1) is 0 Å². The lowest BCUT2D eigenvalue weighted by Gasteiger charge is -2.22. The van der Waals surface area contributed by atoms with Crippen molar-refractivity contribution < 1.29 is 4.79 Å². The Hall–Kier alpha value is -1.82. The minimum atomic E-state index is -0.367. The van der Waals surface area contributed by atoms with Gasteiger partial charge in [-0.2, -0.15) is 0 Å². The van der Waals surface area contributed by atoms with Crippen LogP contribution in [0.4, 0.5) is 11.6 Å². The highest BCUT2D eigenvalue weighted by Gasteiger charge is 2.10. The number of hydrogen-bond acceptors (Lipinski definition) is 5. The van der Waals surface area contributed by atoms with Gasteiger partial charge in [0.05, 0.1) is 6.54 Å². The van der Waals surface area contributed by atoms with Gasteiger partial charge < -0.3 is 16.1 Å². The molecule has 1 aromatic rings. The van der Waals surface area contributed by atoms with Crippen LogP contribution in [0, 0.1) is 0 Å². The number of anilines is 2. The van der Waals surface area contributed by atoms with E-state index >= 15 is 0 Å². The zero-order chi connectivity index (χ0) is 12.7. The Kier molecular flexibility index (Phi) is 5.22. The van der Waals surface area contributed by atoms with E-state index in [1.807, 2.05) is 17.0 Å². The molecule has 0 aliphatic rings. The number of amides is 1. The van der Waals surface area contributed by atoms with Gasteiger partial charge in [0.2, 0.25) is 5.91 Å². The normalized spacial score (nSPS) is 10.0. The highest BCUT2D eigenvalue weighted by Crippen LogP contribution is 2.14. The average Bonchev–Trinajstić information content (AvgIpc) is 2.34. The second kappa shape index (κ2) is 6.70. The summed E-state index contributed by atoms with van der Waals surface area (Å²) in [7, 11) is 0. The number of aromatic nitrogens is 1. The van der Waals surface area contributed by atoms with E-state index in [2.05, 4.69) is 17.3 Å². The molecule has 1 rings (SSSR count). The lowest BCUT2D eigenvalue weighted by atomic mass is 10.3. The minimum absolute atomic E-state index is 0.168. The fourth-order valence-electron chi connectivity index (χ4n) is 1.49. The van der Waals surface area contributed by atoms with Gasteiger partial charge in [-0.25, -0.2) is 10.8 Å². The summed E-state index contributed by atoms with van der Waals surface area (Å²) in [4.78, 5) is 17.1. The molecular formula is C11H19N5O. The van der Waals surface area contributed by atoms with E-state index < -0.39 is 0 Å². The lowest BCUT2D eigenvalue weighted by Crippen LogP contribution is -2.35. The van der Waals surface area contributed by atoms with Crippen LogP contribution in [0.15, 0.2) is 18.2 Å². The van der Waals surface area contributed by atoms with Crippen LogP contribution in [0.1, 0.15) is 19.8 Å². The van der Waals surface area contributed by atoms with Crippen molar-refractivity contribution in [3.63, 3.8) is 0 Å². The van der Waals surface area contributed by atoms with Crippen molar-refractivity contribution in [2.45, 2.75) is 19.8 Å². The molecule has 0 saturated carbocycles. The number of pyridine rings is 1. The van der Waals surface area contributed by atoms with Crippen molar-refractivity contribution in [1.82, 2.24) is 4.98 Å². The van der Waals surface area contributed by atoms with Gasteiger partial charge in [-0.05, 0) is 18.6 Å². The highest BCUT2D eigenvalue weighted by atomic mass is 16.1. The first-order chi connectivity index (χ1) is 8.17. The smallest absolute Gasteiger partial charge is 0.236 e. The zero-order valence-corrected chi connectivity index (χ0v) is 10.0. The van der Waals surface area contributed by atoms with E-state index in [4.69, 9.17) is 11.6 Å². The van der Waals surface area contributed by atoms with E-state index in [9.17, 15) is 4.79 Å². The van der Waals surface area contributed by atoms with Gasteiger partial charge in [0.1, 0.15) is 11.6 Å². The number of nitrogens with one attached hydrogen (secondary N) is 1. The first kappa shape index (κ1) is 13.2. The molecule has 0 aliphatic heterocycles. The minimum Gasteiger partial charge on any atom is -0.368 e. The third kappa shape index (κ3) is 4.28. The highest BCUT2D eigenvalue weighted by molar-refractivity contribution is 5.79. The summed E-state index contributed by atoms with van der Waals surface area (Å²) in [5, 5.41) is 0. The third-order valence-corrected chi connectivity index (χ3v) is 2.33. The molecule has 0 aromatic carbocycles. The van der Waals surface area contributed by atoms with Crippen molar-refractivity contribution in [3.8, 4) is 0 Å². The first-order valence-electron chi connectivity index (χ1n) is 5.64. The predicted octanol–water partition coefficient (Wildman–Crippen LogP) is 0.459. The summed E-state index contributed by atoms with van der Waals surface area (Å²) < 4.78 is 0. The van der Waals surface area contributed by atoms with E-state index in [1.54, 1.807) is 6.07 Å². The number of nitrogens with zero attached hydrogens (tertiary/aromatic N) is 2. The van der Waals surface area contributed by atoms with Crippen LogP contribution in [0.3, 0.4) is 0 Å². The lowest BCUT2D eigenvalue weighted by molar-refractivity contribution is -0.116. The molecule has 0 radical (unpaired) electrons. The van der Waals surface area contributed by atoms with Crippen LogP contribution < -0.4 is 21.9 Å². The number of nitrogen functional groups attached to an aromatic ring is 1. The van der Waals surface area contributed by atoms with Crippen LogP contribution in [-0.2, 0) is 4.79 Å². The summed E-state index contributed by atoms with van der Waals surface area (Å²) in [5.41, 5.74) is 7.70. The molecule has 6 nitrogen and oxygen atoms in total. The SMILES string of the molecule is CCCCN(CC(N)=O)c1cccc(NN)n1. The van der Waals surface area contributed by atoms with Crippen LogP contribution in [0.25, 0.3) is 0 Å². The fourth-order valence-corrected chi connectivity index (χ4v) is 1.49. The Balaban J connectivity index is 2.82. The topological polar surface area (TPSA) is 97.3 Å². The predicted molar refractivity (Wildman–Crippen MR) is 68.4 cm³/mol. The standard InChI is InChI=1S/C11H19N5O/c1-2-3-7-16(8-9(12)17)11-6-4-5-10(14-11)15-13/h4-6H,2-3,7-8,13H2,1H3,(H2,12,17)(H,14,15). The van der Waals surface area contributed by atoms with Crippen LogP contribution in [0.2, 0.25) is 0 Å². The number of unbranched alkanes of at least 4 members (excludes halogenated alkanes) is 1. The third-order valence-electron chi connectivity index (χ3n) is 2.33. The maximum absolute atomic E-state index is 11.0. The van der Waals surface area contributed by atoms with E-state index in [0.717, 1.165) is 19.4 Å². The molecule has 1 heterocycles. The van der Waals surface area contributed by atoms with Gasteiger partial charge in [-0.1, -0.05) is 19.4 Å². The van der Waals surface area contributed by atoms with Crippen molar-refractivity contribution in [2.75, 3.05) is 23.4 Å². The molecule has 1 amide bonds. The van der Waals surface area contributed by atoms with Crippen molar-refractivity contribution in [1.29, 1.82) is 0 Å². The number of primary amides is 1. The number of nitrogens with two attached hydrogens (primary N) is 2. The van der Waals surface area contributed by atoms with E-state index in [-0.39, 0.29) is 12.5 Å². The second-order valence-corrected chi connectivity index (χ2v) is 3.77. The second-order valence-electron chi connectivity index (χ2n) is 3.77. The molecule has 0 fully saturated rings. The molecule has 94 valence electrons. The van der Waals surface area contributed by atoms with E-state index in [0.29, 0.717) is 11.6 Å². The maximum Gasteiger partial charge on any atom is 0.236 e. The molecule has 17 heavy (non-hydrogen) atoms. The van der Waals surface area contributed by atoms with Gasteiger partial charge >= 0.3 is 0 Å². The Morgan fingerprint density at radius 3 is 2.88 bits per heavy atom. The number of rotatable bonds is 7. The molecule has 1 aromatic heterocycles. The summed E-state index contributed by atoms with van der Waals surface area (Å²) in [5.74, 6) is 6.20. The fraction of sp³-hybridized carbons (Fsp3) is 0.455. The van der Waals surface area contributed by atoms with Crippen LogP contribution in [0.5, 0.6) is 0 Å². The number of hydrazine groups is 1. The van der Waals surface area contributed by atoms with Crippen LogP contribution in [-0.4, -0.2) is 24.0 Å². The van der Waals surface area contributed by atoms with Crippen LogP contribution >= 0.6 is 0 Å². The van der Waals surface area contributed by atoms with E-state index in [1.165, 1.54) is 0 Å². The summed E-state index contributed by atoms with van der Waals surface area (Å²) in [6.07, 6.45) is 2.03. The Labute approximate surface area is 101 Å². The Morgan fingerprint density at radius 1 is 1.53 bits per heavy atom. The summed E-state index contributed by atoms with van der Waals surface area (Å²) in [6.45, 7) is 3.01. The molecule has 5 N–H and O–H groups in total. The van der Waals surface area contributed by atoms with Crippen molar-refractivity contribution in [3.05, 3.63) is 18.2 Å². The zero-order valence-electron chi connectivity index (χ0n) is 10.0. The number of carbonyl (C=O) groups is 1. The molecule has 0 spiro atoms. The quantitative estimate of drug-likeness (QED) is 0.473. The average molecular weight is 237 g/mol. The molecule has 0 unspecified atom stereocenters.